The Morgan fingerprint density at radius 3 is 2.81 bits per heavy atom. The molecule has 0 unspecified atom stereocenters. The van der Waals surface area contributed by atoms with Gasteiger partial charge in [0.25, 0.3) is 0 Å². The van der Waals surface area contributed by atoms with E-state index < -0.39 is 0 Å². The van der Waals surface area contributed by atoms with E-state index >= 15 is 0 Å². The number of benzene rings is 1. The molecule has 136 valence electrons. The van der Waals surface area contributed by atoms with Crippen LogP contribution in [0.3, 0.4) is 0 Å². The molecule has 5 nitrogen and oxygen atoms in total. The Bertz CT molecular complexity index is 1100. The van der Waals surface area contributed by atoms with Crippen LogP contribution in [0, 0.1) is 5.41 Å². The van der Waals surface area contributed by atoms with Crippen molar-refractivity contribution in [3.63, 3.8) is 0 Å². The second kappa shape index (κ2) is 5.98. The molecule has 1 aromatic carbocycles. The number of hydrogen-bond donors (Lipinski definition) is 3. The molecular formula is C22H23N5. The zero-order chi connectivity index (χ0) is 18.4. The number of imidazole rings is 1. The number of aromatic nitrogens is 4. The first kappa shape index (κ1) is 16.1. The van der Waals surface area contributed by atoms with Crippen LogP contribution in [0.4, 0.5) is 11.4 Å². The molecule has 0 atom stereocenters. The van der Waals surface area contributed by atoms with Crippen LogP contribution >= 0.6 is 0 Å². The van der Waals surface area contributed by atoms with E-state index in [0.29, 0.717) is 5.41 Å². The number of anilines is 2. The van der Waals surface area contributed by atoms with E-state index in [4.69, 9.17) is 0 Å². The molecule has 0 radical (unpaired) electrons. The monoisotopic (exact) mass is 357 g/mol. The van der Waals surface area contributed by atoms with Gasteiger partial charge in [0.15, 0.2) is 0 Å². The molecule has 0 fully saturated rings. The molecular weight excluding hydrogens is 334 g/mol. The summed E-state index contributed by atoms with van der Waals surface area (Å²) in [5.41, 5.74) is 9.66. The lowest BCUT2D eigenvalue weighted by Crippen LogP contribution is -2.22. The van der Waals surface area contributed by atoms with Crippen LogP contribution in [0.5, 0.6) is 0 Å². The average molecular weight is 357 g/mol. The summed E-state index contributed by atoms with van der Waals surface area (Å²) < 4.78 is 0. The number of aromatic amines is 2. The van der Waals surface area contributed by atoms with E-state index in [9.17, 15) is 0 Å². The van der Waals surface area contributed by atoms with Crippen LogP contribution in [0.15, 0.2) is 49.1 Å². The topological polar surface area (TPSA) is 69.4 Å². The fraction of sp³-hybridized carbons (Fsp3) is 0.273. The maximum absolute atomic E-state index is 4.31. The molecule has 1 aliphatic carbocycles. The van der Waals surface area contributed by atoms with Crippen molar-refractivity contribution in [2.45, 2.75) is 33.1 Å². The van der Waals surface area contributed by atoms with Gasteiger partial charge in [0.2, 0.25) is 0 Å². The summed E-state index contributed by atoms with van der Waals surface area (Å²) >= 11 is 0. The van der Waals surface area contributed by atoms with Gasteiger partial charge in [0, 0.05) is 29.3 Å². The van der Waals surface area contributed by atoms with Gasteiger partial charge in [0.05, 0.1) is 28.7 Å². The van der Waals surface area contributed by atoms with E-state index in [-0.39, 0.29) is 0 Å². The predicted molar refractivity (Wildman–Crippen MR) is 109 cm³/mol. The molecule has 3 aromatic heterocycles. The second-order valence-electron chi connectivity index (χ2n) is 8.17. The maximum Gasteiger partial charge on any atom is 0.0931 e. The summed E-state index contributed by atoms with van der Waals surface area (Å²) in [4.78, 5) is 15.4. The standard InChI is InChI=1S/C22H23N5/c1-22(2)8-5-16-19(12-22)27-20(14-6-9-23-10-7-14)21(16)26-15-3-4-17-18(11-15)25-13-24-17/h3-4,6-7,9-11,13,26-27H,5,8,12H2,1-2H3,(H,24,25). The fourth-order valence-electron chi connectivity index (χ4n) is 4.08. The molecule has 3 heterocycles. The SMILES string of the molecule is CC1(C)CCc2c([nH]c(-c3ccncc3)c2Nc2ccc3nc[nH]c3c2)C1. The molecule has 0 aliphatic heterocycles. The Morgan fingerprint density at radius 1 is 1.11 bits per heavy atom. The summed E-state index contributed by atoms with van der Waals surface area (Å²) in [6.45, 7) is 4.70. The van der Waals surface area contributed by atoms with Crippen LogP contribution in [-0.2, 0) is 12.8 Å². The van der Waals surface area contributed by atoms with Crippen molar-refractivity contribution in [2.75, 3.05) is 5.32 Å². The third kappa shape index (κ3) is 2.89. The van der Waals surface area contributed by atoms with Gasteiger partial charge in [-0.2, -0.15) is 0 Å². The van der Waals surface area contributed by atoms with E-state index in [2.05, 4.69) is 63.4 Å². The molecule has 0 saturated carbocycles. The first-order valence-electron chi connectivity index (χ1n) is 9.43. The van der Waals surface area contributed by atoms with Crippen LogP contribution in [0.2, 0.25) is 0 Å². The van der Waals surface area contributed by atoms with Crippen molar-refractivity contribution < 1.29 is 0 Å². The highest BCUT2D eigenvalue weighted by atomic mass is 14.9. The third-order valence-corrected chi connectivity index (χ3v) is 5.56. The first-order valence-corrected chi connectivity index (χ1v) is 9.43. The van der Waals surface area contributed by atoms with Crippen LogP contribution in [0.1, 0.15) is 31.5 Å². The molecule has 5 rings (SSSR count). The predicted octanol–water partition coefficient (Wildman–Crippen LogP) is 5.21. The van der Waals surface area contributed by atoms with E-state index in [0.717, 1.165) is 40.8 Å². The lowest BCUT2D eigenvalue weighted by Gasteiger charge is -2.29. The van der Waals surface area contributed by atoms with Gasteiger partial charge in [-0.3, -0.25) is 4.98 Å². The van der Waals surface area contributed by atoms with E-state index in [1.807, 2.05) is 18.5 Å². The van der Waals surface area contributed by atoms with Crippen LogP contribution < -0.4 is 5.32 Å². The maximum atomic E-state index is 4.31. The minimum Gasteiger partial charge on any atom is -0.356 e. The second-order valence-corrected chi connectivity index (χ2v) is 8.17. The Balaban J connectivity index is 1.62. The van der Waals surface area contributed by atoms with Gasteiger partial charge in [-0.25, -0.2) is 4.98 Å². The van der Waals surface area contributed by atoms with Gasteiger partial charge in [0.1, 0.15) is 0 Å². The first-order chi connectivity index (χ1) is 13.1. The van der Waals surface area contributed by atoms with Gasteiger partial charge >= 0.3 is 0 Å². The molecule has 1 aliphatic rings. The molecule has 0 saturated heterocycles. The minimum absolute atomic E-state index is 0.333. The number of fused-ring (bicyclic) bond motifs is 2. The normalized spacial score (nSPS) is 15.6. The number of pyridine rings is 1. The van der Waals surface area contributed by atoms with E-state index in [1.165, 1.54) is 23.4 Å². The lowest BCUT2D eigenvalue weighted by molar-refractivity contribution is 0.313. The van der Waals surface area contributed by atoms with Crippen LogP contribution in [-0.4, -0.2) is 19.9 Å². The quantitative estimate of drug-likeness (QED) is 0.471. The zero-order valence-electron chi connectivity index (χ0n) is 15.6. The highest BCUT2D eigenvalue weighted by molar-refractivity contribution is 5.86. The number of nitrogens with zero attached hydrogens (tertiary/aromatic N) is 2. The van der Waals surface area contributed by atoms with Crippen LogP contribution in [0.25, 0.3) is 22.3 Å². The highest BCUT2D eigenvalue weighted by Crippen LogP contribution is 2.43. The summed E-state index contributed by atoms with van der Waals surface area (Å²) in [5.74, 6) is 0. The zero-order valence-corrected chi connectivity index (χ0v) is 15.6. The van der Waals surface area contributed by atoms with Crippen molar-refractivity contribution in [3.05, 3.63) is 60.3 Å². The van der Waals surface area contributed by atoms with Gasteiger partial charge in [-0.15, -0.1) is 0 Å². The molecule has 4 aromatic rings. The smallest absolute Gasteiger partial charge is 0.0931 e. The fourth-order valence-corrected chi connectivity index (χ4v) is 4.08. The summed E-state index contributed by atoms with van der Waals surface area (Å²) in [6, 6.07) is 10.4. The molecule has 5 heteroatoms. The molecule has 0 spiro atoms. The molecule has 27 heavy (non-hydrogen) atoms. The Kier molecular flexibility index (Phi) is 3.57. The van der Waals surface area contributed by atoms with Gasteiger partial charge in [-0.1, -0.05) is 13.8 Å². The van der Waals surface area contributed by atoms with Crippen molar-refractivity contribution in [1.29, 1.82) is 0 Å². The molecule has 0 amide bonds. The summed E-state index contributed by atoms with van der Waals surface area (Å²) in [5, 5.41) is 3.69. The van der Waals surface area contributed by atoms with Gasteiger partial charge in [-0.05, 0) is 60.6 Å². The summed E-state index contributed by atoms with van der Waals surface area (Å²) in [7, 11) is 0. The van der Waals surface area contributed by atoms with Crippen molar-refractivity contribution in [3.8, 4) is 11.3 Å². The van der Waals surface area contributed by atoms with Crippen molar-refractivity contribution in [2.24, 2.45) is 5.41 Å². The third-order valence-electron chi connectivity index (χ3n) is 5.56. The Labute approximate surface area is 158 Å². The largest absolute Gasteiger partial charge is 0.356 e. The van der Waals surface area contributed by atoms with Gasteiger partial charge < -0.3 is 15.3 Å². The summed E-state index contributed by atoms with van der Waals surface area (Å²) in [6.07, 6.45) is 8.78. The average Bonchev–Trinajstić information content (AvgIpc) is 3.26. The van der Waals surface area contributed by atoms with Crippen molar-refractivity contribution in [1.82, 2.24) is 19.9 Å². The van der Waals surface area contributed by atoms with Crippen molar-refractivity contribution >= 4 is 22.4 Å². The molecule has 0 bridgehead atoms. The Hall–Kier alpha value is -3.08. The van der Waals surface area contributed by atoms with E-state index in [1.54, 1.807) is 6.33 Å². The minimum atomic E-state index is 0.333. The number of H-pyrrole nitrogens is 2. The Morgan fingerprint density at radius 2 is 1.96 bits per heavy atom. The molecule has 3 N–H and O–H groups in total. The number of rotatable bonds is 3. The number of hydrogen-bond acceptors (Lipinski definition) is 3. The lowest BCUT2D eigenvalue weighted by atomic mass is 9.76. The highest BCUT2D eigenvalue weighted by Gasteiger charge is 2.30. The number of nitrogens with one attached hydrogen (secondary N) is 3.